The van der Waals surface area contributed by atoms with Crippen LogP contribution in [0, 0.1) is 17.8 Å². The van der Waals surface area contributed by atoms with E-state index in [1.807, 2.05) is 0 Å². The van der Waals surface area contributed by atoms with Crippen LogP contribution < -0.4 is 5.73 Å². The van der Waals surface area contributed by atoms with Gasteiger partial charge in [0.2, 0.25) is 0 Å². The predicted octanol–water partition coefficient (Wildman–Crippen LogP) is 2.57. The molecule has 0 aromatic carbocycles. The molecule has 12 heavy (non-hydrogen) atoms. The molecule has 0 spiro atoms. The Labute approximate surface area is 76.0 Å². The van der Waals surface area contributed by atoms with Gasteiger partial charge in [0, 0.05) is 6.04 Å². The summed E-state index contributed by atoms with van der Waals surface area (Å²) < 4.78 is 0. The third-order valence-electron chi connectivity index (χ3n) is 3.05. The van der Waals surface area contributed by atoms with Crippen molar-refractivity contribution in [1.29, 1.82) is 0 Å². The number of hydrogen-bond acceptors (Lipinski definition) is 1. The molecule has 0 heterocycles. The highest BCUT2D eigenvalue weighted by atomic mass is 14.7. The summed E-state index contributed by atoms with van der Waals surface area (Å²) in [5.41, 5.74) is 6.07. The van der Waals surface area contributed by atoms with Crippen molar-refractivity contribution in [2.45, 2.75) is 39.7 Å². The van der Waals surface area contributed by atoms with Crippen molar-refractivity contribution in [2.24, 2.45) is 23.5 Å². The Morgan fingerprint density at radius 3 is 2.58 bits per heavy atom. The maximum atomic E-state index is 6.07. The molecule has 2 N–H and O–H groups in total. The smallest absolute Gasteiger partial charge is 0.0107 e. The molecular formula is C11H21N. The summed E-state index contributed by atoms with van der Waals surface area (Å²) >= 11 is 0. The Morgan fingerprint density at radius 2 is 2.17 bits per heavy atom. The van der Waals surface area contributed by atoms with Gasteiger partial charge in [-0.25, -0.2) is 0 Å². The Hall–Kier alpha value is -0.300. The number of nitrogens with two attached hydrogens (primary N) is 1. The topological polar surface area (TPSA) is 26.0 Å². The highest BCUT2D eigenvalue weighted by Crippen LogP contribution is 2.31. The fraction of sp³-hybridized carbons (Fsp3) is 0.818. The molecule has 0 fully saturated rings. The molecule has 70 valence electrons. The molecule has 0 bridgehead atoms. The van der Waals surface area contributed by atoms with Crippen LogP contribution in [0.1, 0.15) is 33.6 Å². The Morgan fingerprint density at radius 1 is 1.50 bits per heavy atom. The van der Waals surface area contributed by atoms with E-state index in [-0.39, 0.29) is 0 Å². The van der Waals surface area contributed by atoms with Crippen LogP contribution in [0.15, 0.2) is 12.2 Å². The van der Waals surface area contributed by atoms with Crippen molar-refractivity contribution in [3.63, 3.8) is 0 Å². The second-order valence-electron chi connectivity index (χ2n) is 4.22. The van der Waals surface area contributed by atoms with Crippen molar-refractivity contribution in [3.05, 3.63) is 12.2 Å². The normalized spacial score (nSPS) is 35.9. The summed E-state index contributed by atoms with van der Waals surface area (Å²) in [4.78, 5) is 0. The van der Waals surface area contributed by atoms with Crippen molar-refractivity contribution in [3.8, 4) is 0 Å². The third-order valence-corrected chi connectivity index (χ3v) is 3.05. The standard InChI is InChI=1S/C11H21N/c1-4-9-10(8(2)3)6-5-7-11(9)12/h5-6,8-11H,4,7,12H2,1-3H3. The fourth-order valence-corrected chi connectivity index (χ4v) is 2.29. The molecule has 1 aliphatic rings. The SMILES string of the molecule is CCC1C(N)CC=CC1C(C)C. The molecule has 0 aromatic rings. The van der Waals surface area contributed by atoms with Crippen LogP contribution in [-0.2, 0) is 0 Å². The van der Waals surface area contributed by atoms with Crippen LogP contribution in [0.3, 0.4) is 0 Å². The second kappa shape index (κ2) is 4.08. The largest absolute Gasteiger partial charge is 0.327 e. The molecule has 0 radical (unpaired) electrons. The summed E-state index contributed by atoms with van der Waals surface area (Å²) in [7, 11) is 0. The van der Waals surface area contributed by atoms with Crippen molar-refractivity contribution in [2.75, 3.05) is 0 Å². The molecule has 1 heteroatoms. The third kappa shape index (κ3) is 1.89. The van der Waals surface area contributed by atoms with E-state index in [0.717, 1.165) is 12.3 Å². The summed E-state index contributed by atoms with van der Waals surface area (Å²) in [5, 5.41) is 0. The van der Waals surface area contributed by atoms with Gasteiger partial charge in [-0.1, -0.05) is 39.3 Å². The lowest BCUT2D eigenvalue weighted by Gasteiger charge is -2.34. The van der Waals surface area contributed by atoms with Gasteiger partial charge in [0.15, 0.2) is 0 Å². The second-order valence-corrected chi connectivity index (χ2v) is 4.22. The molecule has 1 nitrogen and oxygen atoms in total. The van der Waals surface area contributed by atoms with E-state index in [1.165, 1.54) is 6.42 Å². The molecule has 1 aliphatic carbocycles. The van der Waals surface area contributed by atoms with Crippen LogP contribution in [0.2, 0.25) is 0 Å². The number of rotatable bonds is 2. The summed E-state index contributed by atoms with van der Waals surface area (Å²) in [6.07, 6.45) is 6.90. The Kier molecular flexibility index (Phi) is 3.33. The Balaban J connectivity index is 2.69. The van der Waals surface area contributed by atoms with Gasteiger partial charge in [0.1, 0.15) is 0 Å². The molecule has 3 unspecified atom stereocenters. The van der Waals surface area contributed by atoms with Gasteiger partial charge in [-0.3, -0.25) is 0 Å². The first kappa shape index (κ1) is 9.79. The van der Waals surface area contributed by atoms with Gasteiger partial charge < -0.3 is 5.73 Å². The minimum atomic E-state index is 0.396. The molecular weight excluding hydrogens is 146 g/mol. The van der Waals surface area contributed by atoms with Crippen LogP contribution >= 0.6 is 0 Å². The van der Waals surface area contributed by atoms with E-state index in [1.54, 1.807) is 0 Å². The lowest BCUT2D eigenvalue weighted by atomic mass is 9.74. The number of hydrogen-bond donors (Lipinski definition) is 1. The van der Waals surface area contributed by atoms with E-state index in [2.05, 4.69) is 32.9 Å². The fourth-order valence-electron chi connectivity index (χ4n) is 2.29. The lowest BCUT2D eigenvalue weighted by molar-refractivity contribution is 0.247. The zero-order chi connectivity index (χ0) is 9.14. The van der Waals surface area contributed by atoms with Crippen molar-refractivity contribution in [1.82, 2.24) is 0 Å². The monoisotopic (exact) mass is 167 g/mol. The van der Waals surface area contributed by atoms with Crippen molar-refractivity contribution >= 4 is 0 Å². The molecule has 3 atom stereocenters. The van der Waals surface area contributed by atoms with Gasteiger partial charge in [0.25, 0.3) is 0 Å². The summed E-state index contributed by atoms with van der Waals surface area (Å²) in [6, 6.07) is 0.396. The predicted molar refractivity (Wildman–Crippen MR) is 53.8 cm³/mol. The molecule has 0 aromatic heterocycles. The van der Waals surface area contributed by atoms with Gasteiger partial charge in [-0.05, 0) is 24.2 Å². The van der Waals surface area contributed by atoms with E-state index < -0.39 is 0 Å². The van der Waals surface area contributed by atoms with Gasteiger partial charge in [-0.15, -0.1) is 0 Å². The van der Waals surface area contributed by atoms with Crippen LogP contribution in [0.4, 0.5) is 0 Å². The first-order chi connectivity index (χ1) is 5.66. The Bertz CT molecular complexity index is 160. The number of allylic oxidation sites excluding steroid dienone is 1. The summed E-state index contributed by atoms with van der Waals surface area (Å²) in [5.74, 6) is 2.14. The highest BCUT2D eigenvalue weighted by molar-refractivity contribution is 5.02. The van der Waals surface area contributed by atoms with Gasteiger partial charge in [0.05, 0.1) is 0 Å². The van der Waals surface area contributed by atoms with Gasteiger partial charge in [-0.2, -0.15) is 0 Å². The minimum Gasteiger partial charge on any atom is -0.327 e. The van der Waals surface area contributed by atoms with Crippen LogP contribution in [0.5, 0.6) is 0 Å². The maximum absolute atomic E-state index is 6.07. The lowest BCUT2D eigenvalue weighted by Crippen LogP contribution is -2.38. The molecule has 0 amide bonds. The summed E-state index contributed by atoms with van der Waals surface area (Å²) in [6.45, 7) is 6.82. The van der Waals surface area contributed by atoms with Crippen LogP contribution in [-0.4, -0.2) is 6.04 Å². The average Bonchev–Trinajstić information content (AvgIpc) is 2.03. The first-order valence-electron chi connectivity index (χ1n) is 5.09. The zero-order valence-corrected chi connectivity index (χ0v) is 8.46. The van der Waals surface area contributed by atoms with Crippen LogP contribution in [0.25, 0.3) is 0 Å². The quantitative estimate of drug-likeness (QED) is 0.628. The highest BCUT2D eigenvalue weighted by Gasteiger charge is 2.28. The van der Waals surface area contributed by atoms with Crippen molar-refractivity contribution < 1.29 is 0 Å². The average molecular weight is 167 g/mol. The molecule has 1 rings (SSSR count). The van der Waals surface area contributed by atoms with E-state index in [0.29, 0.717) is 17.9 Å². The molecule has 0 saturated heterocycles. The first-order valence-corrected chi connectivity index (χ1v) is 5.09. The molecule has 0 aliphatic heterocycles. The minimum absolute atomic E-state index is 0.396. The van der Waals surface area contributed by atoms with E-state index in [9.17, 15) is 0 Å². The maximum Gasteiger partial charge on any atom is 0.0107 e. The van der Waals surface area contributed by atoms with E-state index in [4.69, 9.17) is 5.73 Å². The zero-order valence-electron chi connectivity index (χ0n) is 8.46. The van der Waals surface area contributed by atoms with Gasteiger partial charge >= 0.3 is 0 Å². The molecule has 0 saturated carbocycles. The van der Waals surface area contributed by atoms with E-state index >= 15 is 0 Å².